The van der Waals surface area contributed by atoms with Gasteiger partial charge in [-0.1, -0.05) is 0 Å². The van der Waals surface area contributed by atoms with E-state index in [0.717, 1.165) is 19.4 Å². The zero-order valence-electron chi connectivity index (χ0n) is 10.2. The molecule has 0 aliphatic heterocycles. The maximum atomic E-state index is 4.09. The molecule has 2 heterocycles. The normalized spacial score (nSPS) is 12.8. The monoisotopic (exact) mass is 250 g/mol. The lowest BCUT2D eigenvalue weighted by molar-refractivity contribution is 0.564. The topological polar surface area (TPSA) is 53.6 Å². The van der Waals surface area contributed by atoms with Crippen LogP contribution in [-0.2, 0) is 6.42 Å². The number of thiazole rings is 1. The summed E-state index contributed by atoms with van der Waals surface area (Å²) in [6.45, 7) is 5.26. The molecule has 0 saturated carbocycles. The average Bonchev–Trinajstić information content (AvgIpc) is 2.96. The second-order valence-electron chi connectivity index (χ2n) is 4.20. The first-order valence-electron chi connectivity index (χ1n) is 5.88. The lowest BCUT2D eigenvalue weighted by Crippen LogP contribution is -2.19. The summed E-state index contributed by atoms with van der Waals surface area (Å²) >= 11 is 1.70. The van der Waals surface area contributed by atoms with Gasteiger partial charge in [0.1, 0.15) is 0 Å². The molecule has 0 saturated heterocycles. The second-order valence-corrected chi connectivity index (χ2v) is 5.12. The van der Waals surface area contributed by atoms with E-state index in [4.69, 9.17) is 0 Å². The Hall–Kier alpha value is -1.20. The van der Waals surface area contributed by atoms with Crippen molar-refractivity contribution in [3.63, 3.8) is 0 Å². The summed E-state index contributed by atoms with van der Waals surface area (Å²) in [6.07, 6.45) is 6.05. The van der Waals surface area contributed by atoms with Gasteiger partial charge in [0.15, 0.2) is 0 Å². The van der Waals surface area contributed by atoms with Crippen molar-refractivity contribution < 1.29 is 0 Å². The van der Waals surface area contributed by atoms with Gasteiger partial charge in [-0.05, 0) is 38.8 Å². The van der Waals surface area contributed by atoms with Gasteiger partial charge in [0.25, 0.3) is 0 Å². The Morgan fingerprint density at radius 1 is 1.47 bits per heavy atom. The first-order valence-corrected chi connectivity index (χ1v) is 6.76. The number of aromatic nitrogens is 3. The summed E-state index contributed by atoms with van der Waals surface area (Å²) in [6, 6.07) is 0.396. The summed E-state index contributed by atoms with van der Waals surface area (Å²) in [5.41, 5.74) is 4.38. The highest BCUT2D eigenvalue weighted by molar-refractivity contribution is 7.09. The van der Waals surface area contributed by atoms with Crippen molar-refractivity contribution in [3.05, 3.63) is 34.0 Å². The molecule has 2 aromatic heterocycles. The summed E-state index contributed by atoms with van der Waals surface area (Å²) < 4.78 is 0. The van der Waals surface area contributed by atoms with Crippen LogP contribution in [0.3, 0.4) is 0 Å². The summed E-state index contributed by atoms with van der Waals surface area (Å²) in [5.74, 6) is 0. The van der Waals surface area contributed by atoms with E-state index in [-0.39, 0.29) is 0 Å². The van der Waals surface area contributed by atoms with Gasteiger partial charge in [-0.3, -0.25) is 10.1 Å². The van der Waals surface area contributed by atoms with Gasteiger partial charge < -0.3 is 5.32 Å². The van der Waals surface area contributed by atoms with Crippen molar-refractivity contribution in [2.75, 3.05) is 6.54 Å². The molecular weight excluding hydrogens is 232 g/mol. The Morgan fingerprint density at radius 2 is 2.35 bits per heavy atom. The quantitative estimate of drug-likeness (QED) is 0.774. The minimum absolute atomic E-state index is 0.396. The maximum Gasteiger partial charge on any atom is 0.0794 e. The summed E-state index contributed by atoms with van der Waals surface area (Å²) in [4.78, 5) is 5.39. The van der Waals surface area contributed by atoms with E-state index in [1.54, 1.807) is 11.3 Å². The molecule has 5 heteroatoms. The fraction of sp³-hybridized carbons (Fsp3) is 0.500. The summed E-state index contributed by atoms with van der Waals surface area (Å²) in [5, 5.41) is 10.5. The lowest BCUT2D eigenvalue weighted by Gasteiger charge is -2.11. The van der Waals surface area contributed by atoms with Gasteiger partial charge in [-0.25, -0.2) is 0 Å². The van der Waals surface area contributed by atoms with Crippen LogP contribution in [0.4, 0.5) is 0 Å². The van der Waals surface area contributed by atoms with Crippen LogP contribution in [0.1, 0.15) is 35.5 Å². The zero-order valence-corrected chi connectivity index (χ0v) is 11.0. The Morgan fingerprint density at radius 3 is 3.00 bits per heavy atom. The lowest BCUT2D eigenvalue weighted by atomic mass is 10.1. The Balaban J connectivity index is 1.68. The highest BCUT2D eigenvalue weighted by atomic mass is 32.1. The average molecular weight is 250 g/mol. The van der Waals surface area contributed by atoms with Crippen molar-refractivity contribution in [1.29, 1.82) is 0 Å². The van der Waals surface area contributed by atoms with E-state index >= 15 is 0 Å². The fourth-order valence-electron chi connectivity index (χ4n) is 1.77. The Kier molecular flexibility index (Phi) is 4.28. The van der Waals surface area contributed by atoms with Crippen molar-refractivity contribution >= 4 is 11.3 Å². The molecule has 1 atom stereocenters. The third-order valence-corrected chi connectivity index (χ3v) is 3.84. The van der Waals surface area contributed by atoms with E-state index in [1.807, 2.05) is 17.9 Å². The summed E-state index contributed by atoms with van der Waals surface area (Å²) in [7, 11) is 0. The van der Waals surface area contributed by atoms with Crippen LogP contribution in [0.25, 0.3) is 0 Å². The molecule has 4 nitrogen and oxygen atoms in total. The second kappa shape index (κ2) is 5.93. The smallest absolute Gasteiger partial charge is 0.0794 e. The number of nitrogens with zero attached hydrogens (tertiary/aromatic N) is 2. The molecule has 2 rings (SSSR count). The molecule has 0 aliphatic rings. The molecule has 0 spiro atoms. The Labute approximate surface area is 105 Å². The van der Waals surface area contributed by atoms with Crippen LogP contribution in [0, 0.1) is 6.92 Å². The maximum absolute atomic E-state index is 4.09. The van der Waals surface area contributed by atoms with Gasteiger partial charge in [0.2, 0.25) is 0 Å². The van der Waals surface area contributed by atoms with E-state index in [1.165, 1.54) is 16.1 Å². The van der Waals surface area contributed by atoms with E-state index < -0.39 is 0 Å². The number of rotatable bonds is 6. The molecule has 2 N–H and O–H groups in total. The third-order valence-electron chi connectivity index (χ3n) is 2.89. The van der Waals surface area contributed by atoms with Gasteiger partial charge in [0, 0.05) is 22.8 Å². The number of nitrogens with one attached hydrogen (secondary N) is 2. The standard InChI is InChI=1S/C12H18N4S/c1-9-11(6-15-16-9)4-3-5-14-10(2)12-7-13-8-17-12/h6-8,10,14H,3-5H2,1-2H3,(H,15,16). The van der Waals surface area contributed by atoms with E-state index in [2.05, 4.69) is 34.3 Å². The molecule has 17 heavy (non-hydrogen) atoms. The number of aryl methyl sites for hydroxylation is 2. The highest BCUT2D eigenvalue weighted by Gasteiger charge is 2.06. The van der Waals surface area contributed by atoms with Crippen LogP contribution in [0.2, 0.25) is 0 Å². The van der Waals surface area contributed by atoms with Crippen molar-refractivity contribution in [1.82, 2.24) is 20.5 Å². The van der Waals surface area contributed by atoms with E-state index in [0.29, 0.717) is 6.04 Å². The van der Waals surface area contributed by atoms with E-state index in [9.17, 15) is 0 Å². The minimum atomic E-state index is 0.396. The number of aromatic amines is 1. The van der Waals surface area contributed by atoms with Gasteiger partial charge >= 0.3 is 0 Å². The molecule has 0 fully saturated rings. The molecule has 0 aromatic carbocycles. The molecule has 2 aromatic rings. The van der Waals surface area contributed by atoms with Crippen molar-refractivity contribution in [2.45, 2.75) is 32.7 Å². The SMILES string of the molecule is Cc1[nH]ncc1CCCNC(C)c1cncs1. The zero-order chi connectivity index (χ0) is 12.1. The van der Waals surface area contributed by atoms with Crippen LogP contribution in [0.5, 0.6) is 0 Å². The largest absolute Gasteiger partial charge is 0.309 e. The number of hydrogen-bond acceptors (Lipinski definition) is 4. The van der Waals surface area contributed by atoms with Gasteiger partial charge in [0.05, 0.1) is 11.7 Å². The van der Waals surface area contributed by atoms with Crippen LogP contribution in [0.15, 0.2) is 17.9 Å². The van der Waals surface area contributed by atoms with Crippen molar-refractivity contribution in [3.8, 4) is 0 Å². The first kappa shape index (κ1) is 12.3. The molecular formula is C12H18N4S. The van der Waals surface area contributed by atoms with Crippen LogP contribution < -0.4 is 5.32 Å². The van der Waals surface area contributed by atoms with Gasteiger partial charge in [-0.2, -0.15) is 5.10 Å². The predicted molar refractivity (Wildman–Crippen MR) is 70.2 cm³/mol. The molecule has 1 unspecified atom stereocenters. The van der Waals surface area contributed by atoms with Crippen LogP contribution >= 0.6 is 11.3 Å². The molecule has 0 bridgehead atoms. The third kappa shape index (κ3) is 3.38. The first-order chi connectivity index (χ1) is 8.27. The highest BCUT2D eigenvalue weighted by Crippen LogP contribution is 2.16. The van der Waals surface area contributed by atoms with Crippen LogP contribution in [-0.4, -0.2) is 21.7 Å². The molecule has 0 radical (unpaired) electrons. The van der Waals surface area contributed by atoms with Gasteiger partial charge in [-0.15, -0.1) is 11.3 Å². The van der Waals surface area contributed by atoms with Crippen molar-refractivity contribution in [2.24, 2.45) is 0 Å². The number of H-pyrrole nitrogens is 1. The number of hydrogen-bond donors (Lipinski definition) is 2. The molecule has 0 amide bonds. The molecule has 0 aliphatic carbocycles. The predicted octanol–water partition coefficient (Wildman–Crippen LogP) is 2.46. The fourth-order valence-corrected chi connectivity index (χ4v) is 2.42. The molecule has 92 valence electrons. The Bertz CT molecular complexity index is 435. The minimum Gasteiger partial charge on any atom is -0.309 e.